The van der Waals surface area contributed by atoms with Crippen LogP contribution in [0.25, 0.3) is 0 Å². The van der Waals surface area contributed by atoms with Crippen LogP contribution in [-0.4, -0.2) is 27.8 Å². The maximum atomic E-state index is 4.50. The number of thioether (sulfide) groups is 1. The molecule has 0 aliphatic heterocycles. The standard InChI is InChI=1S/C13H25N3S/c1-5-7-14-13(10-17-9-11(2)3)12-6-8-16(4)15-12/h6,8,11,13-14H,5,7,9-10H2,1-4H3. The second kappa shape index (κ2) is 7.77. The van der Waals surface area contributed by atoms with Crippen LogP contribution in [0.1, 0.15) is 38.9 Å². The molecule has 0 spiro atoms. The van der Waals surface area contributed by atoms with Crippen molar-refractivity contribution in [2.45, 2.75) is 33.2 Å². The molecule has 0 saturated heterocycles. The molecule has 17 heavy (non-hydrogen) atoms. The highest BCUT2D eigenvalue weighted by atomic mass is 32.2. The predicted octanol–water partition coefficient (Wildman–Crippen LogP) is 2.85. The van der Waals surface area contributed by atoms with E-state index in [1.807, 2.05) is 29.7 Å². The molecule has 0 aromatic carbocycles. The summed E-state index contributed by atoms with van der Waals surface area (Å²) in [5, 5.41) is 8.08. The van der Waals surface area contributed by atoms with Crippen LogP contribution in [0.4, 0.5) is 0 Å². The normalized spacial score (nSPS) is 13.2. The Kier molecular flexibility index (Phi) is 6.66. The molecule has 1 aromatic rings. The smallest absolute Gasteiger partial charge is 0.0802 e. The Morgan fingerprint density at radius 3 is 2.71 bits per heavy atom. The minimum absolute atomic E-state index is 0.389. The van der Waals surface area contributed by atoms with Crippen LogP contribution in [0.2, 0.25) is 0 Å². The van der Waals surface area contributed by atoms with Crippen LogP contribution in [0.5, 0.6) is 0 Å². The van der Waals surface area contributed by atoms with Gasteiger partial charge in [0.1, 0.15) is 0 Å². The number of rotatable bonds is 8. The molecule has 4 heteroatoms. The first-order valence-corrected chi connectivity index (χ1v) is 7.59. The Hall–Kier alpha value is -0.480. The second-order valence-electron chi connectivity index (χ2n) is 4.85. The average Bonchev–Trinajstić information content (AvgIpc) is 2.69. The fourth-order valence-corrected chi connectivity index (χ4v) is 2.74. The summed E-state index contributed by atoms with van der Waals surface area (Å²) in [7, 11) is 1.97. The molecule has 98 valence electrons. The number of nitrogens with zero attached hydrogens (tertiary/aromatic N) is 2. The van der Waals surface area contributed by atoms with Crippen LogP contribution in [0, 0.1) is 5.92 Å². The summed E-state index contributed by atoms with van der Waals surface area (Å²) in [4.78, 5) is 0. The van der Waals surface area contributed by atoms with Gasteiger partial charge in [0.15, 0.2) is 0 Å². The molecule has 0 amide bonds. The van der Waals surface area contributed by atoms with Gasteiger partial charge < -0.3 is 5.32 Å². The molecular formula is C13H25N3S. The Balaban J connectivity index is 2.48. The maximum Gasteiger partial charge on any atom is 0.0802 e. The summed E-state index contributed by atoms with van der Waals surface area (Å²) in [6.07, 6.45) is 3.18. The Morgan fingerprint density at radius 1 is 1.41 bits per heavy atom. The molecule has 0 saturated carbocycles. The molecule has 3 nitrogen and oxygen atoms in total. The van der Waals surface area contributed by atoms with Crippen molar-refractivity contribution in [1.29, 1.82) is 0 Å². The van der Waals surface area contributed by atoms with Crippen LogP contribution in [0.3, 0.4) is 0 Å². The highest BCUT2D eigenvalue weighted by molar-refractivity contribution is 7.99. The van der Waals surface area contributed by atoms with Crippen LogP contribution in [-0.2, 0) is 7.05 Å². The van der Waals surface area contributed by atoms with Crippen molar-refractivity contribution >= 4 is 11.8 Å². The maximum absolute atomic E-state index is 4.50. The minimum Gasteiger partial charge on any atom is -0.308 e. The van der Waals surface area contributed by atoms with E-state index >= 15 is 0 Å². The molecule has 0 aliphatic carbocycles. The first kappa shape index (κ1) is 14.6. The van der Waals surface area contributed by atoms with Gasteiger partial charge in [0, 0.05) is 19.0 Å². The zero-order valence-electron chi connectivity index (χ0n) is 11.4. The van der Waals surface area contributed by atoms with Crippen molar-refractivity contribution in [1.82, 2.24) is 15.1 Å². The Morgan fingerprint density at radius 2 is 2.18 bits per heavy atom. The number of aryl methyl sites for hydroxylation is 1. The van der Waals surface area contributed by atoms with E-state index in [4.69, 9.17) is 0 Å². The summed E-state index contributed by atoms with van der Waals surface area (Å²) in [6, 6.07) is 2.50. The predicted molar refractivity (Wildman–Crippen MR) is 76.4 cm³/mol. The highest BCUT2D eigenvalue weighted by Crippen LogP contribution is 2.18. The summed E-state index contributed by atoms with van der Waals surface area (Å²) in [5.74, 6) is 3.09. The van der Waals surface area contributed by atoms with Crippen LogP contribution < -0.4 is 5.32 Å². The van der Waals surface area contributed by atoms with Gasteiger partial charge in [-0.2, -0.15) is 16.9 Å². The van der Waals surface area contributed by atoms with E-state index < -0.39 is 0 Å². The topological polar surface area (TPSA) is 29.9 Å². The van der Waals surface area contributed by atoms with Gasteiger partial charge in [0.05, 0.1) is 11.7 Å². The lowest BCUT2D eigenvalue weighted by molar-refractivity contribution is 0.555. The van der Waals surface area contributed by atoms with Crippen LogP contribution in [0.15, 0.2) is 12.3 Å². The zero-order chi connectivity index (χ0) is 12.7. The third-order valence-electron chi connectivity index (χ3n) is 2.47. The molecule has 0 aliphatic rings. The molecule has 0 bridgehead atoms. The molecular weight excluding hydrogens is 230 g/mol. The minimum atomic E-state index is 0.389. The third-order valence-corrected chi connectivity index (χ3v) is 3.94. The van der Waals surface area contributed by atoms with Gasteiger partial charge >= 0.3 is 0 Å². The quantitative estimate of drug-likeness (QED) is 0.774. The van der Waals surface area contributed by atoms with Crippen LogP contribution >= 0.6 is 11.8 Å². The lowest BCUT2D eigenvalue weighted by Crippen LogP contribution is -2.25. The molecule has 1 rings (SSSR count). The molecule has 1 atom stereocenters. The van der Waals surface area contributed by atoms with Crippen molar-refractivity contribution in [3.8, 4) is 0 Å². The van der Waals surface area contributed by atoms with Gasteiger partial charge in [-0.05, 0) is 30.7 Å². The molecule has 0 radical (unpaired) electrons. The summed E-state index contributed by atoms with van der Waals surface area (Å²) in [6.45, 7) is 7.79. The first-order valence-electron chi connectivity index (χ1n) is 6.44. The van der Waals surface area contributed by atoms with Crippen molar-refractivity contribution in [2.75, 3.05) is 18.1 Å². The first-order chi connectivity index (χ1) is 8.13. The van der Waals surface area contributed by atoms with E-state index in [1.165, 1.54) is 5.75 Å². The van der Waals surface area contributed by atoms with Crippen molar-refractivity contribution in [2.24, 2.45) is 13.0 Å². The van der Waals surface area contributed by atoms with Gasteiger partial charge in [0.2, 0.25) is 0 Å². The largest absolute Gasteiger partial charge is 0.308 e. The third kappa shape index (κ3) is 5.59. The number of hydrogen-bond acceptors (Lipinski definition) is 3. The summed E-state index contributed by atoms with van der Waals surface area (Å²) in [5.41, 5.74) is 1.16. The zero-order valence-corrected chi connectivity index (χ0v) is 12.3. The molecule has 1 aromatic heterocycles. The van der Waals surface area contributed by atoms with E-state index in [-0.39, 0.29) is 0 Å². The van der Waals surface area contributed by atoms with E-state index in [2.05, 4.69) is 37.3 Å². The van der Waals surface area contributed by atoms with Gasteiger partial charge in [-0.15, -0.1) is 0 Å². The van der Waals surface area contributed by atoms with E-state index in [0.29, 0.717) is 6.04 Å². The number of aromatic nitrogens is 2. The molecule has 0 fully saturated rings. The second-order valence-corrected chi connectivity index (χ2v) is 5.93. The fraction of sp³-hybridized carbons (Fsp3) is 0.769. The van der Waals surface area contributed by atoms with Crippen molar-refractivity contribution < 1.29 is 0 Å². The SMILES string of the molecule is CCCNC(CSCC(C)C)c1ccn(C)n1. The van der Waals surface area contributed by atoms with Crippen molar-refractivity contribution in [3.63, 3.8) is 0 Å². The molecule has 1 heterocycles. The Bertz CT molecular complexity index is 309. The lowest BCUT2D eigenvalue weighted by Gasteiger charge is -2.16. The highest BCUT2D eigenvalue weighted by Gasteiger charge is 2.13. The van der Waals surface area contributed by atoms with Crippen molar-refractivity contribution in [3.05, 3.63) is 18.0 Å². The molecule has 1 N–H and O–H groups in total. The fourth-order valence-electron chi connectivity index (χ4n) is 1.61. The monoisotopic (exact) mass is 255 g/mol. The number of nitrogens with one attached hydrogen (secondary N) is 1. The van der Waals surface area contributed by atoms with Gasteiger partial charge in [0.25, 0.3) is 0 Å². The summed E-state index contributed by atoms with van der Waals surface area (Å²) < 4.78 is 1.88. The average molecular weight is 255 g/mol. The van der Waals surface area contributed by atoms with E-state index in [0.717, 1.165) is 30.3 Å². The summed E-state index contributed by atoms with van der Waals surface area (Å²) >= 11 is 2.01. The number of hydrogen-bond donors (Lipinski definition) is 1. The lowest BCUT2D eigenvalue weighted by atomic mass is 10.2. The molecule has 1 unspecified atom stereocenters. The van der Waals surface area contributed by atoms with E-state index in [1.54, 1.807) is 0 Å². The van der Waals surface area contributed by atoms with Gasteiger partial charge in [-0.25, -0.2) is 0 Å². The van der Waals surface area contributed by atoms with E-state index in [9.17, 15) is 0 Å². The van der Waals surface area contributed by atoms with Gasteiger partial charge in [-0.1, -0.05) is 20.8 Å². The van der Waals surface area contributed by atoms with Gasteiger partial charge in [-0.3, -0.25) is 4.68 Å². The Labute approximate surface area is 109 Å².